The summed E-state index contributed by atoms with van der Waals surface area (Å²) in [5.74, 6) is 0. The standard InChI is InChI=1S/C16H14ClNO3S/c1-11-5-7-13(8-6-11)22(20,21)18-12(10-19)9-14-15(17)3-2-4-16(14)18/h2-9,19H,10H2,1H3. The first-order valence-corrected chi connectivity index (χ1v) is 8.49. The quantitative estimate of drug-likeness (QED) is 0.798. The number of benzene rings is 2. The average Bonchev–Trinajstić information content (AvgIpc) is 2.88. The highest BCUT2D eigenvalue weighted by molar-refractivity contribution is 7.90. The Kier molecular flexibility index (Phi) is 3.72. The molecule has 0 saturated heterocycles. The van der Waals surface area contributed by atoms with E-state index in [4.69, 9.17) is 11.6 Å². The van der Waals surface area contributed by atoms with Crippen LogP contribution in [0.5, 0.6) is 0 Å². The van der Waals surface area contributed by atoms with E-state index in [0.29, 0.717) is 15.9 Å². The zero-order valence-corrected chi connectivity index (χ0v) is 13.4. The topological polar surface area (TPSA) is 59.3 Å². The smallest absolute Gasteiger partial charge is 0.268 e. The lowest BCUT2D eigenvalue weighted by atomic mass is 10.2. The lowest BCUT2D eigenvalue weighted by Crippen LogP contribution is -2.15. The molecule has 1 aromatic heterocycles. The molecule has 0 radical (unpaired) electrons. The van der Waals surface area contributed by atoms with Gasteiger partial charge in [-0.2, -0.15) is 0 Å². The first kappa shape index (κ1) is 15.1. The van der Waals surface area contributed by atoms with Gasteiger partial charge in [-0.15, -0.1) is 0 Å². The number of hydrogen-bond donors (Lipinski definition) is 1. The van der Waals surface area contributed by atoms with Crippen molar-refractivity contribution < 1.29 is 13.5 Å². The molecular weight excluding hydrogens is 322 g/mol. The van der Waals surface area contributed by atoms with Crippen molar-refractivity contribution in [3.8, 4) is 0 Å². The Bertz CT molecular complexity index is 943. The van der Waals surface area contributed by atoms with Crippen molar-refractivity contribution in [2.24, 2.45) is 0 Å². The highest BCUT2D eigenvalue weighted by Gasteiger charge is 2.23. The highest BCUT2D eigenvalue weighted by atomic mass is 35.5. The van der Waals surface area contributed by atoms with Crippen LogP contribution in [0.3, 0.4) is 0 Å². The Morgan fingerprint density at radius 2 is 1.82 bits per heavy atom. The molecular formula is C16H14ClNO3S. The minimum Gasteiger partial charge on any atom is -0.390 e. The molecule has 0 aliphatic carbocycles. The van der Waals surface area contributed by atoms with Crippen molar-refractivity contribution in [2.45, 2.75) is 18.4 Å². The van der Waals surface area contributed by atoms with Crippen molar-refractivity contribution in [1.82, 2.24) is 3.97 Å². The summed E-state index contributed by atoms with van der Waals surface area (Å²) in [4.78, 5) is 0.172. The first-order valence-electron chi connectivity index (χ1n) is 6.67. The molecule has 0 amide bonds. The van der Waals surface area contributed by atoms with Gasteiger partial charge in [0.15, 0.2) is 0 Å². The van der Waals surface area contributed by atoms with E-state index in [0.717, 1.165) is 9.54 Å². The number of aromatic nitrogens is 1. The van der Waals surface area contributed by atoms with Crippen LogP contribution in [0.15, 0.2) is 53.4 Å². The van der Waals surface area contributed by atoms with Gasteiger partial charge in [-0.3, -0.25) is 0 Å². The van der Waals surface area contributed by atoms with Crippen molar-refractivity contribution in [2.75, 3.05) is 0 Å². The maximum absolute atomic E-state index is 12.9. The molecule has 0 fully saturated rings. The summed E-state index contributed by atoms with van der Waals surface area (Å²) < 4.78 is 27.0. The number of aliphatic hydroxyl groups excluding tert-OH is 1. The number of rotatable bonds is 3. The van der Waals surface area contributed by atoms with Crippen LogP contribution >= 0.6 is 11.6 Å². The summed E-state index contributed by atoms with van der Waals surface area (Å²) in [7, 11) is -3.80. The van der Waals surface area contributed by atoms with E-state index in [1.165, 1.54) is 0 Å². The van der Waals surface area contributed by atoms with Crippen molar-refractivity contribution >= 4 is 32.5 Å². The molecule has 3 rings (SSSR count). The summed E-state index contributed by atoms with van der Waals surface area (Å²) in [5, 5.41) is 10.6. The number of aliphatic hydroxyl groups is 1. The largest absolute Gasteiger partial charge is 0.390 e. The van der Waals surface area contributed by atoms with Crippen LogP contribution in [0, 0.1) is 6.92 Å². The molecule has 1 N–H and O–H groups in total. The maximum Gasteiger partial charge on any atom is 0.268 e. The fraction of sp³-hybridized carbons (Fsp3) is 0.125. The van der Waals surface area contributed by atoms with E-state index in [1.54, 1.807) is 48.5 Å². The van der Waals surface area contributed by atoms with E-state index in [2.05, 4.69) is 0 Å². The third kappa shape index (κ3) is 2.31. The van der Waals surface area contributed by atoms with E-state index in [1.807, 2.05) is 6.92 Å². The van der Waals surface area contributed by atoms with Crippen LogP contribution in [0.2, 0.25) is 5.02 Å². The minimum absolute atomic E-state index is 0.172. The number of aryl methyl sites for hydroxylation is 1. The van der Waals surface area contributed by atoms with E-state index < -0.39 is 16.6 Å². The zero-order chi connectivity index (χ0) is 15.9. The molecule has 0 bridgehead atoms. The summed E-state index contributed by atoms with van der Waals surface area (Å²) in [6.07, 6.45) is 0. The summed E-state index contributed by atoms with van der Waals surface area (Å²) >= 11 is 6.13. The third-order valence-electron chi connectivity index (χ3n) is 3.54. The SMILES string of the molecule is Cc1ccc(S(=O)(=O)n2c(CO)cc3c(Cl)cccc32)cc1. The zero-order valence-electron chi connectivity index (χ0n) is 11.8. The number of halogens is 1. The van der Waals surface area contributed by atoms with E-state index >= 15 is 0 Å². The molecule has 0 spiro atoms. The number of hydrogen-bond acceptors (Lipinski definition) is 3. The average molecular weight is 336 g/mol. The molecule has 0 unspecified atom stereocenters. The van der Waals surface area contributed by atoms with Gasteiger partial charge in [0.2, 0.25) is 0 Å². The van der Waals surface area contributed by atoms with Gasteiger partial charge in [0.05, 0.1) is 22.7 Å². The van der Waals surface area contributed by atoms with Crippen LogP contribution < -0.4 is 0 Å². The van der Waals surface area contributed by atoms with Crippen LogP contribution in [0.4, 0.5) is 0 Å². The molecule has 0 aliphatic rings. The molecule has 114 valence electrons. The highest BCUT2D eigenvalue weighted by Crippen LogP contribution is 2.30. The molecule has 1 heterocycles. The summed E-state index contributed by atoms with van der Waals surface area (Å²) in [5.41, 5.74) is 1.71. The van der Waals surface area contributed by atoms with E-state index in [-0.39, 0.29) is 10.6 Å². The Labute approximate surface area is 133 Å². The Balaban J connectivity index is 2.33. The first-order chi connectivity index (χ1) is 10.4. The third-order valence-corrected chi connectivity index (χ3v) is 5.65. The van der Waals surface area contributed by atoms with Gasteiger partial charge >= 0.3 is 0 Å². The Morgan fingerprint density at radius 1 is 1.14 bits per heavy atom. The van der Waals surface area contributed by atoms with Crippen LogP contribution in [0.25, 0.3) is 10.9 Å². The van der Waals surface area contributed by atoms with Crippen LogP contribution in [-0.2, 0) is 16.6 Å². The molecule has 22 heavy (non-hydrogen) atoms. The summed E-state index contributed by atoms with van der Waals surface area (Å²) in [6.45, 7) is 1.50. The molecule has 0 saturated carbocycles. The monoisotopic (exact) mass is 335 g/mol. The van der Waals surface area contributed by atoms with Gasteiger partial charge in [-0.1, -0.05) is 35.4 Å². The van der Waals surface area contributed by atoms with E-state index in [9.17, 15) is 13.5 Å². The van der Waals surface area contributed by atoms with Gasteiger partial charge < -0.3 is 5.11 Å². The second-order valence-electron chi connectivity index (χ2n) is 5.05. The summed E-state index contributed by atoms with van der Waals surface area (Å²) in [6, 6.07) is 13.2. The number of fused-ring (bicyclic) bond motifs is 1. The number of nitrogens with zero attached hydrogens (tertiary/aromatic N) is 1. The fourth-order valence-electron chi connectivity index (χ4n) is 2.43. The lowest BCUT2D eigenvalue weighted by Gasteiger charge is -2.11. The lowest BCUT2D eigenvalue weighted by molar-refractivity contribution is 0.276. The van der Waals surface area contributed by atoms with Crippen molar-refractivity contribution in [3.63, 3.8) is 0 Å². The molecule has 4 nitrogen and oxygen atoms in total. The minimum atomic E-state index is -3.80. The van der Waals surface area contributed by atoms with Crippen molar-refractivity contribution in [1.29, 1.82) is 0 Å². The normalized spacial score (nSPS) is 12.0. The van der Waals surface area contributed by atoms with Gasteiger partial charge in [-0.25, -0.2) is 12.4 Å². The van der Waals surface area contributed by atoms with Gasteiger partial charge in [0.1, 0.15) is 0 Å². The predicted octanol–water partition coefficient (Wildman–Crippen LogP) is 3.33. The van der Waals surface area contributed by atoms with Gasteiger partial charge in [-0.05, 0) is 37.3 Å². The van der Waals surface area contributed by atoms with Crippen LogP contribution in [0.1, 0.15) is 11.3 Å². The molecule has 0 atom stereocenters. The molecule has 2 aromatic carbocycles. The Hall–Kier alpha value is -1.82. The van der Waals surface area contributed by atoms with Crippen LogP contribution in [-0.4, -0.2) is 17.5 Å². The van der Waals surface area contributed by atoms with Crippen molar-refractivity contribution in [3.05, 3.63) is 64.8 Å². The molecule has 0 aliphatic heterocycles. The van der Waals surface area contributed by atoms with Gasteiger partial charge in [0.25, 0.3) is 10.0 Å². The predicted molar refractivity (Wildman–Crippen MR) is 86.6 cm³/mol. The molecule has 3 aromatic rings. The second-order valence-corrected chi connectivity index (χ2v) is 7.24. The van der Waals surface area contributed by atoms with Gasteiger partial charge in [0, 0.05) is 10.4 Å². The molecule has 6 heteroatoms. The fourth-order valence-corrected chi connectivity index (χ4v) is 4.19. The maximum atomic E-state index is 12.9. The Morgan fingerprint density at radius 3 is 2.45 bits per heavy atom. The second kappa shape index (κ2) is 5.43.